The molecule has 0 amide bonds. The van der Waals surface area contributed by atoms with Crippen molar-refractivity contribution in [1.29, 1.82) is 0 Å². The summed E-state index contributed by atoms with van der Waals surface area (Å²) in [6.45, 7) is 7.85. The van der Waals surface area contributed by atoms with E-state index in [1.54, 1.807) is 31.2 Å². The van der Waals surface area contributed by atoms with Crippen LogP contribution in [0.25, 0.3) is 0 Å². The largest absolute Gasteiger partial charge is 0.493 e. The van der Waals surface area contributed by atoms with Crippen molar-refractivity contribution in [3.05, 3.63) is 47.0 Å². The lowest BCUT2D eigenvalue weighted by molar-refractivity contribution is 0.324. The molecule has 0 saturated carbocycles. The van der Waals surface area contributed by atoms with E-state index < -0.39 is 10.0 Å². The van der Waals surface area contributed by atoms with Crippen LogP contribution in [0.2, 0.25) is 0 Å². The molecule has 2 rings (SSSR count). The first-order valence-corrected chi connectivity index (χ1v) is 10.5. The maximum atomic E-state index is 12.8. The molecule has 1 N–H and O–H groups in total. The van der Waals surface area contributed by atoms with Crippen LogP contribution in [-0.4, -0.2) is 36.0 Å². The number of hydrazone groups is 1. The van der Waals surface area contributed by atoms with Crippen LogP contribution in [0.5, 0.6) is 17.2 Å². The standard InChI is InChI=1S/C21H28N2O5S/c1-14-8-9-16(21(2,3)4)12-19(14)29(24,25)23-22-13-15-10-17(26-5)20(28-7)18(11-15)27-6/h8-13,23H,1-7H3/b22-13+. The minimum absolute atomic E-state index is 0.169. The predicted molar refractivity (Wildman–Crippen MR) is 114 cm³/mol. The highest BCUT2D eigenvalue weighted by Crippen LogP contribution is 2.37. The topological polar surface area (TPSA) is 86.2 Å². The average molecular weight is 421 g/mol. The van der Waals surface area contributed by atoms with Crippen LogP contribution in [0.4, 0.5) is 0 Å². The number of nitrogens with one attached hydrogen (secondary N) is 1. The summed E-state index contributed by atoms with van der Waals surface area (Å²) in [5.74, 6) is 1.34. The molecule has 2 aromatic rings. The molecule has 0 aliphatic carbocycles. The number of ether oxygens (including phenoxy) is 3. The molecule has 2 aromatic carbocycles. The fourth-order valence-corrected chi connectivity index (χ4v) is 3.82. The third-order valence-corrected chi connectivity index (χ3v) is 5.78. The first-order chi connectivity index (χ1) is 13.5. The molecule has 0 atom stereocenters. The molecule has 0 radical (unpaired) electrons. The maximum Gasteiger partial charge on any atom is 0.276 e. The molecule has 0 aromatic heterocycles. The normalized spacial score (nSPS) is 12.1. The van der Waals surface area contributed by atoms with Crippen molar-refractivity contribution in [2.24, 2.45) is 5.10 Å². The molecule has 7 nitrogen and oxygen atoms in total. The summed E-state index contributed by atoms with van der Waals surface area (Å²) in [6, 6.07) is 8.77. The molecule has 0 heterocycles. The van der Waals surface area contributed by atoms with Crippen molar-refractivity contribution < 1.29 is 22.6 Å². The fraction of sp³-hybridized carbons (Fsp3) is 0.381. The molecule has 0 spiro atoms. The minimum Gasteiger partial charge on any atom is -0.493 e. The van der Waals surface area contributed by atoms with Gasteiger partial charge in [-0.3, -0.25) is 0 Å². The Bertz CT molecular complexity index is 983. The van der Waals surface area contributed by atoms with Gasteiger partial charge in [0.15, 0.2) is 11.5 Å². The van der Waals surface area contributed by atoms with Crippen LogP contribution >= 0.6 is 0 Å². The van der Waals surface area contributed by atoms with Gasteiger partial charge in [-0.05, 0) is 41.7 Å². The van der Waals surface area contributed by atoms with Gasteiger partial charge in [-0.15, -0.1) is 0 Å². The first kappa shape index (κ1) is 22.5. The third kappa shape index (κ3) is 5.20. The van der Waals surface area contributed by atoms with Crippen LogP contribution in [0.15, 0.2) is 40.3 Å². The Balaban J connectivity index is 2.33. The number of benzene rings is 2. The highest BCUT2D eigenvalue weighted by atomic mass is 32.2. The lowest BCUT2D eigenvalue weighted by atomic mass is 9.87. The van der Waals surface area contributed by atoms with E-state index in [1.807, 2.05) is 26.8 Å². The van der Waals surface area contributed by atoms with Gasteiger partial charge in [0.05, 0.1) is 32.4 Å². The number of aryl methyl sites for hydroxylation is 1. The Morgan fingerprint density at radius 1 is 0.966 bits per heavy atom. The van der Waals surface area contributed by atoms with E-state index in [9.17, 15) is 8.42 Å². The van der Waals surface area contributed by atoms with Gasteiger partial charge < -0.3 is 14.2 Å². The quantitative estimate of drug-likeness (QED) is 0.546. The van der Waals surface area contributed by atoms with E-state index in [-0.39, 0.29) is 10.3 Å². The molecule has 29 heavy (non-hydrogen) atoms. The van der Waals surface area contributed by atoms with E-state index in [2.05, 4.69) is 9.93 Å². The zero-order valence-electron chi connectivity index (χ0n) is 17.9. The van der Waals surface area contributed by atoms with Crippen molar-refractivity contribution in [2.75, 3.05) is 21.3 Å². The number of nitrogens with zero attached hydrogens (tertiary/aromatic N) is 1. The zero-order chi connectivity index (χ0) is 21.8. The van der Waals surface area contributed by atoms with Gasteiger partial charge in [0, 0.05) is 5.56 Å². The molecular weight excluding hydrogens is 392 g/mol. The van der Waals surface area contributed by atoms with Crippen LogP contribution in [0, 0.1) is 6.92 Å². The Labute approximate surface area is 172 Å². The number of hydrogen-bond donors (Lipinski definition) is 1. The van der Waals surface area contributed by atoms with Crippen molar-refractivity contribution in [3.8, 4) is 17.2 Å². The van der Waals surface area contributed by atoms with E-state index in [4.69, 9.17) is 14.2 Å². The van der Waals surface area contributed by atoms with Crippen LogP contribution in [0.3, 0.4) is 0 Å². The number of methoxy groups -OCH3 is 3. The van der Waals surface area contributed by atoms with Crippen molar-refractivity contribution >= 4 is 16.2 Å². The highest BCUT2D eigenvalue weighted by Gasteiger charge is 2.21. The molecular formula is C21H28N2O5S. The Morgan fingerprint density at radius 2 is 1.55 bits per heavy atom. The average Bonchev–Trinajstić information content (AvgIpc) is 2.66. The van der Waals surface area contributed by atoms with Gasteiger partial charge >= 0.3 is 0 Å². The molecule has 158 valence electrons. The van der Waals surface area contributed by atoms with Crippen LogP contribution in [0.1, 0.15) is 37.5 Å². The molecule has 0 aliphatic heterocycles. The second-order valence-corrected chi connectivity index (χ2v) is 9.17. The molecule has 0 saturated heterocycles. The summed E-state index contributed by atoms with van der Waals surface area (Å²) in [4.78, 5) is 2.48. The lowest BCUT2D eigenvalue weighted by Crippen LogP contribution is -2.21. The highest BCUT2D eigenvalue weighted by molar-refractivity contribution is 7.89. The van der Waals surface area contributed by atoms with E-state index in [1.165, 1.54) is 27.5 Å². The molecule has 0 unspecified atom stereocenters. The summed E-state index contributed by atoms with van der Waals surface area (Å²) in [5, 5.41) is 3.91. The van der Waals surface area contributed by atoms with E-state index >= 15 is 0 Å². The maximum absolute atomic E-state index is 12.8. The van der Waals surface area contributed by atoms with Gasteiger partial charge in [0.1, 0.15) is 0 Å². The van der Waals surface area contributed by atoms with Gasteiger partial charge in [-0.2, -0.15) is 13.5 Å². The van der Waals surface area contributed by atoms with Gasteiger partial charge in [0.25, 0.3) is 10.0 Å². The SMILES string of the molecule is COc1cc(/C=N/NS(=O)(=O)c2cc(C(C)(C)C)ccc2C)cc(OC)c1OC. The smallest absolute Gasteiger partial charge is 0.276 e. The second-order valence-electron chi connectivity index (χ2n) is 7.54. The zero-order valence-corrected chi connectivity index (χ0v) is 18.7. The summed E-state index contributed by atoms with van der Waals surface area (Å²) >= 11 is 0. The van der Waals surface area contributed by atoms with E-state index in [0.717, 1.165) is 5.56 Å². The minimum atomic E-state index is -3.82. The summed E-state index contributed by atoms with van der Waals surface area (Å²) in [5.41, 5.74) is 1.99. The molecule has 0 bridgehead atoms. The number of sulfonamides is 1. The Kier molecular flexibility index (Phi) is 6.79. The number of hydrogen-bond acceptors (Lipinski definition) is 6. The molecule has 0 aliphatic rings. The first-order valence-electron chi connectivity index (χ1n) is 8.99. The second kappa shape index (κ2) is 8.73. The lowest BCUT2D eigenvalue weighted by Gasteiger charge is -2.20. The van der Waals surface area contributed by atoms with Gasteiger partial charge in [-0.25, -0.2) is 4.83 Å². The van der Waals surface area contributed by atoms with Crippen LogP contribution in [-0.2, 0) is 15.4 Å². The fourth-order valence-electron chi connectivity index (χ4n) is 2.75. The number of rotatable bonds is 7. The third-order valence-electron chi connectivity index (χ3n) is 4.42. The summed E-state index contributed by atoms with van der Waals surface area (Å²) < 4.78 is 41.4. The predicted octanol–water partition coefficient (Wildman–Crippen LogP) is 3.63. The van der Waals surface area contributed by atoms with Gasteiger partial charge in [0.2, 0.25) is 5.75 Å². The Hall–Kier alpha value is -2.74. The molecule has 0 fully saturated rings. The van der Waals surface area contributed by atoms with E-state index in [0.29, 0.717) is 28.4 Å². The van der Waals surface area contributed by atoms with Crippen molar-refractivity contribution in [2.45, 2.75) is 38.0 Å². The van der Waals surface area contributed by atoms with Gasteiger partial charge in [-0.1, -0.05) is 32.9 Å². The molecule has 8 heteroatoms. The monoisotopic (exact) mass is 420 g/mol. The summed E-state index contributed by atoms with van der Waals surface area (Å²) in [6.07, 6.45) is 1.38. The van der Waals surface area contributed by atoms with Crippen LogP contribution < -0.4 is 19.0 Å². The summed E-state index contributed by atoms with van der Waals surface area (Å²) in [7, 11) is 0.699. The van der Waals surface area contributed by atoms with Crippen molar-refractivity contribution in [1.82, 2.24) is 4.83 Å². The van der Waals surface area contributed by atoms with Crippen molar-refractivity contribution in [3.63, 3.8) is 0 Å². The Morgan fingerprint density at radius 3 is 2.03 bits per heavy atom.